The molecule has 0 spiro atoms. The van der Waals surface area contributed by atoms with Gasteiger partial charge in [0, 0.05) is 12.1 Å². The zero-order valence-corrected chi connectivity index (χ0v) is 11.5. The predicted octanol–water partition coefficient (Wildman–Crippen LogP) is 2.82. The number of methoxy groups -OCH3 is 2. The number of hydrogen-bond donors (Lipinski definition) is 1. The number of nitro benzene ring substituents is 1. The van der Waals surface area contributed by atoms with Gasteiger partial charge in [-0.2, -0.15) is 0 Å². The van der Waals surface area contributed by atoms with E-state index in [0.717, 1.165) is 6.42 Å². The number of benzene rings is 1. The van der Waals surface area contributed by atoms with Crippen LogP contribution in [0.4, 0.5) is 11.4 Å². The van der Waals surface area contributed by atoms with Crippen LogP contribution in [-0.4, -0.2) is 25.2 Å². The molecule has 0 bridgehead atoms. The average Bonchev–Trinajstić information content (AvgIpc) is 2.95. The number of rotatable bonds is 5. The average molecular weight is 266 g/mol. The highest BCUT2D eigenvalue weighted by Gasteiger charge is 2.46. The van der Waals surface area contributed by atoms with Crippen molar-refractivity contribution in [3.05, 3.63) is 22.2 Å². The van der Waals surface area contributed by atoms with E-state index in [1.807, 2.05) is 0 Å². The van der Waals surface area contributed by atoms with Crippen LogP contribution in [0.3, 0.4) is 0 Å². The molecule has 6 nitrogen and oxygen atoms in total. The summed E-state index contributed by atoms with van der Waals surface area (Å²) in [7, 11) is 2.97. The van der Waals surface area contributed by atoms with Crippen LogP contribution in [0, 0.1) is 15.5 Å². The van der Waals surface area contributed by atoms with Crippen molar-refractivity contribution in [3.8, 4) is 11.5 Å². The standard InChI is InChI=1S/C13H18N2O4/c1-13(2)7-12(13)14-8-5-10(18-3)11(19-4)6-9(8)15(16)17/h5-6,12,14H,7H2,1-4H3. The number of hydrogen-bond acceptors (Lipinski definition) is 5. The van der Waals surface area contributed by atoms with Crippen molar-refractivity contribution < 1.29 is 14.4 Å². The van der Waals surface area contributed by atoms with E-state index in [9.17, 15) is 10.1 Å². The van der Waals surface area contributed by atoms with Crippen LogP contribution in [0.25, 0.3) is 0 Å². The van der Waals surface area contributed by atoms with Crippen molar-refractivity contribution in [3.63, 3.8) is 0 Å². The normalized spacial score (nSPS) is 19.7. The summed E-state index contributed by atoms with van der Waals surface area (Å²) in [5.41, 5.74) is 0.652. The molecule has 1 aliphatic rings. The summed E-state index contributed by atoms with van der Waals surface area (Å²) in [5, 5.41) is 14.3. The van der Waals surface area contributed by atoms with Crippen LogP contribution in [0.2, 0.25) is 0 Å². The minimum atomic E-state index is -0.417. The second kappa shape index (κ2) is 4.60. The van der Waals surface area contributed by atoms with Gasteiger partial charge in [0.15, 0.2) is 11.5 Å². The molecule has 0 aliphatic heterocycles. The van der Waals surface area contributed by atoms with Gasteiger partial charge in [0.25, 0.3) is 5.69 Å². The van der Waals surface area contributed by atoms with Crippen molar-refractivity contribution in [1.29, 1.82) is 0 Å². The van der Waals surface area contributed by atoms with Crippen LogP contribution in [0.15, 0.2) is 12.1 Å². The first kappa shape index (κ1) is 13.5. The van der Waals surface area contributed by atoms with Gasteiger partial charge in [0.2, 0.25) is 0 Å². The van der Waals surface area contributed by atoms with E-state index in [4.69, 9.17) is 9.47 Å². The van der Waals surface area contributed by atoms with E-state index in [1.165, 1.54) is 20.3 Å². The third kappa shape index (κ3) is 2.57. The molecule has 1 atom stereocenters. The Morgan fingerprint density at radius 3 is 2.26 bits per heavy atom. The molecule has 1 fully saturated rings. The van der Waals surface area contributed by atoms with Gasteiger partial charge in [-0.25, -0.2) is 0 Å². The SMILES string of the molecule is COc1cc(NC2CC2(C)C)c([N+](=O)[O-])cc1OC. The van der Waals surface area contributed by atoms with E-state index in [0.29, 0.717) is 17.2 Å². The van der Waals surface area contributed by atoms with E-state index in [1.54, 1.807) is 6.07 Å². The second-order valence-corrected chi connectivity index (χ2v) is 5.37. The highest BCUT2D eigenvalue weighted by atomic mass is 16.6. The molecule has 0 heterocycles. The van der Waals surface area contributed by atoms with Gasteiger partial charge in [-0.15, -0.1) is 0 Å². The van der Waals surface area contributed by atoms with Crippen molar-refractivity contribution >= 4 is 11.4 Å². The van der Waals surface area contributed by atoms with Crippen LogP contribution >= 0.6 is 0 Å². The van der Waals surface area contributed by atoms with E-state index >= 15 is 0 Å². The summed E-state index contributed by atoms with van der Waals surface area (Å²) >= 11 is 0. The fourth-order valence-corrected chi connectivity index (χ4v) is 2.04. The topological polar surface area (TPSA) is 73.6 Å². The number of nitrogens with zero attached hydrogens (tertiary/aromatic N) is 1. The lowest BCUT2D eigenvalue weighted by Crippen LogP contribution is -2.10. The second-order valence-electron chi connectivity index (χ2n) is 5.37. The molecule has 1 aromatic carbocycles. The van der Waals surface area contributed by atoms with Crippen LogP contribution in [0.5, 0.6) is 11.5 Å². The van der Waals surface area contributed by atoms with Crippen molar-refractivity contribution in [2.75, 3.05) is 19.5 Å². The van der Waals surface area contributed by atoms with Crippen LogP contribution < -0.4 is 14.8 Å². The molecule has 1 saturated carbocycles. The maximum Gasteiger partial charge on any atom is 0.296 e. The third-order valence-electron chi connectivity index (χ3n) is 3.54. The smallest absolute Gasteiger partial charge is 0.296 e. The van der Waals surface area contributed by atoms with Crippen LogP contribution in [0.1, 0.15) is 20.3 Å². The fourth-order valence-electron chi connectivity index (χ4n) is 2.04. The monoisotopic (exact) mass is 266 g/mol. The minimum absolute atomic E-state index is 0.000324. The molecule has 6 heteroatoms. The molecule has 1 unspecified atom stereocenters. The lowest BCUT2D eigenvalue weighted by Gasteiger charge is -2.13. The van der Waals surface area contributed by atoms with Gasteiger partial charge >= 0.3 is 0 Å². The van der Waals surface area contributed by atoms with Crippen LogP contribution in [-0.2, 0) is 0 Å². The minimum Gasteiger partial charge on any atom is -0.493 e. The fraction of sp³-hybridized carbons (Fsp3) is 0.538. The number of ether oxygens (including phenoxy) is 2. The molecule has 0 radical (unpaired) electrons. The lowest BCUT2D eigenvalue weighted by atomic mass is 10.1. The summed E-state index contributed by atoms with van der Waals surface area (Å²) in [6, 6.07) is 3.26. The number of anilines is 1. The zero-order chi connectivity index (χ0) is 14.2. The summed E-state index contributed by atoms with van der Waals surface area (Å²) < 4.78 is 10.3. The maximum atomic E-state index is 11.1. The molecule has 19 heavy (non-hydrogen) atoms. The first-order valence-electron chi connectivity index (χ1n) is 6.06. The molecule has 0 amide bonds. The lowest BCUT2D eigenvalue weighted by molar-refractivity contribution is -0.384. The summed E-state index contributed by atoms with van der Waals surface area (Å²) in [6.45, 7) is 4.24. The van der Waals surface area contributed by atoms with E-state index < -0.39 is 4.92 Å². The largest absolute Gasteiger partial charge is 0.493 e. The number of nitro groups is 1. The Morgan fingerprint density at radius 1 is 1.32 bits per heavy atom. The van der Waals surface area contributed by atoms with Crippen molar-refractivity contribution in [2.45, 2.75) is 26.3 Å². The first-order chi connectivity index (χ1) is 8.89. The Labute approximate surface area is 111 Å². The van der Waals surface area contributed by atoms with Gasteiger partial charge in [0.05, 0.1) is 25.2 Å². The summed E-state index contributed by atoms with van der Waals surface area (Å²) in [6.07, 6.45) is 0.999. The highest BCUT2D eigenvalue weighted by molar-refractivity contribution is 5.69. The maximum absolute atomic E-state index is 11.1. The van der Waals surface area contributed by atoms with Gasteiger partial charge < -0.3 is 14.8 Å². The Balaban J connectivity index is 2.37. The molecular weight excluding hydrogens is 248 g/mol. The Morgan fingerprint density at radius 2 is 1.84 bits per heavy atom. The van der Waals surface area contributed by atoms with Crippen molar-refractivity contribution in [2.24, 2.45) is 5.41 Å². The third-order valence-corrected chi connectivity index (χ3v) is 3.54. The highest BCUT2D eigenvalue weighted by Crippen LogP contribution is 2.48. The van der Waals surface area contributed by atoms with Gasteiger partial charge in [-0.05, 0) is 11.8 Å². The Bertz CT molecular complexity index is 514. The summed E-state index contributed by atoms with van der Waals surface area (Å²) in [5.74, 6) is 0.837. The Hall–Kier alpha value is -1.98. The molecule has 104 valence electrons. The quantitative estimate of drug-likeness (QED) is 0.655. The molecular formula is C13H18N2O4. The molecule has 0 saturated heterocycles. The predicted molar refractivity (Wildman–Crippen MR) is 72.0 cm³/mol. The molecule has 1 N–H and O–H groups in total. The molecule has 0 aromatic heterocycles. The first-order valence-corrected chi connectivity index (χ1v) is 6.06. The summed E-state index contributed by atoms with van der Waals surface area (Å²) in [4.78, 5) is 10.7. The molecule has 1 aromatic rings. The van der Waals surface area contributed by atoms with Crippen molar-refractivity contribution in [1.82, 2.24) is 0 Å². The van der Waals surface area contributed by atoms with E-state index in [-0.39, 0.29) is 17.1 Å². The number of nitrogens with one attached hydrogen (secondary N) is 1. The van der Waals surface area contributed by atoms with Gasteiger partial charge in [-0.3, -0.25) is 10.1 Å². The zero-order valence-electron chi connectivity index (χ0n) is 11.5. The van der Waals surface area contributed by atoms with Gasteiger partial charge in [-0.1, -0.05) is 13.8 Å². The Kier molecular flexibility index (Phi) is 3.26. The molecule has 2 rings (SSSR count). The van der Waals surface area contributed by atoms with E-state index in [2.05, 4.69) is 19.2 Å². The molecule has 1 aliphatic carbocycles. The van der Waals surface area contributed by atoms with Gasteiger partial charge in [0.1, 0.15) is 5.69 Å².